The summed E-state index contributed by atoms with van der Waals surface area (Å²) in [6.07, 6.45) is 0.787. The van der Waals surface area contributed by atoms with Crippen molar-refractivity contribution in [2.24, 2.45) is 0 Å². The van der Waals surface area contributed by atoms with Gasteiger partial charge in [0.2, 0.25) is 0 Å². The first kappa shape index (κ1) is 12.4. The second kappa shape index (κ2) is 4.93. The highest BCUT2D eigenvalue weighted by molar-refractivity contribution is 5.52. The Morgan fingerprint density at radius 2 is 1.88 bits per heavy atom. The lowest BCUT2D eigenvalue weighted by molar-refractivity contribution is 0.556. The standard InChI is InChI=1S/C12H14F2N2/c1-4-8(2)16(3)12-10(13)5-9(7-15)6-11(12)14/h5-6,8H,4H2,1-3H3. The van der Waals surface area contributed by atoms with Crippen LogP contribution in [0.1, 0.15) is 25.8 Å². The third-order valence-corrected chi connectivity index (χ3v) is 2.75. The van der Waals surface area contributed by atoms with E-state index in [2.05, 4.69) is 0 Å². The van der Waals surface area contributed by atoms with Crippen LogP contribution in [0.4, 0.5) is 14.5 Å². The lowest BCUT2D eigenvalue weighted by atomic mass is 10.1. The lowest BCUT2D eigenvalue weighted by Gasteiger charge is -2.26. The van der Waals surface area contributed by atoms with Crippen LogP contribution in [0.3, 0.4) is 0 Å². The summed E-state index contributed by atoms with van der Waals surface area (Å²) in [5.41, 5.74) is -0.0790. The van der Waals surface area contributed by atoms with Crippen LogP contribution in [0.2, 0.25) is 0 Å². The number of nitrogens with zero attached hydrogens (tertiary/aromatic N) is 2. The van der Waals surface area contributed by atoms with Gasteiger partial charge in [0.25, 0.3) is 0 Å². The first-order valence-corrected chi connectivity index (χ1v) is 5.13. The summed E-state index contributed by atoms with van der Waals surface area (Å²) >= 11 is 0. The number of nitriles is 1. The Labute approximate surface area is 94.1 Å². The maximum Gasteiger partial charge on any atom is 0.150 e. The van der Waals surface area contributed by atoms with Gasteiger partial charge < -0.3 is 4.90 Å². The molecule has 0 saturated carbocycles. The van der Waals surface area contributed by atoms with E-state index in [9.17, 15) is 8.78 Å². The average Bonchev–Trinajstić information content (AvgIpc) is 2.26. The minimum absolute atomic E-state index is 0.00342. The molecular formula is C12H14F2N2. The number of rotatable bonds is 3. The first-order chi connectivity index (χ1) is 7.51. The Morgan fingerprint density at radius 3 is 2.25 bits per heavy atom. The second-order valence-corrected chi connectivity index (χ2v) is 3.77. The summed E-state index contributed by atoms with van der Waals surface area (Å²) in [7, 11) is 1.64. The first-order valence-electron chi connectivity index (χ1n) is 5.13. The molecule has 0 aromatic heterocycles. The van der Waals surface area contributed by atoms with Crippen molar-refractivity contribution >= 4 is 5.69 Å². The fraction of sp³-hybridized carbons (Fsp3) is 0.417. The van der Waals surface area contributed by atoms with Gasteiger partial charge in [-0.3, -0.25) is 0 Å². The van der Waals surface area contributed by atoms with Gasteiger partial charge in [0.1, 0.15) is 5.69 Å². The Hall–Kier alpha value is -1.63. The van der Waals surface area contributed by atoms with Crippen LogP contribution in [0.5, 0.6) is 0 Å². The molecule has 1 atom stereocenters. The van der Waals surface area contributed by atoms with Crippen molar-refractivity contribution in [3.63, 3.8) is 0 Å². The van der Waals surface area contributed by atoms with Crippen LogP contribution in [0.15, 0.2) is 12.1 Å². The van der Waals surface area contributed by atoms with E-state index in [-0.39, 0.29) is 17.3 Å². The summed E-state index contributed by atoms with van der Waals surface area (Å²) in [5, 5.41) is 8.57. The molecule has 4 heteroatoms. The third-order valence-electron chi connectivity index (χ3n) is 2.75. The van der Waals surface area contributed by atoms with E-state index in [1.807, 2.05) is 13.8 Å². The van der Waals surface area contributed by atoms with Crippen LogP contribution in [-0.2, 0) is 0 Å². The third kappa shape index (κ3) is 2.30. The van der Waals surface area contributed by atoms with E-state index in [1.54, 1.807) is 18.0 Å². The van der Waals surface area contributed by atoms with Gasteiger partial charge in [-0.1, -0.05) is 6.92 Å². The molecule has 0 aliphatic rings. The molecule has 0 radical (unpaired) electrons. The number of anilines is 1. The molecule has 0 spiro atoms. The van der Waals surface area contributed by atoms with Crippen molar-refractivity contribution in [3.05, 3.63) is 29.3 Å². The molecule has 0 fully saturated rings. The van der Waals surface area contributed by atoms with Gasteiger partial charge in [0, 0.05) is 13.1 Å². The van der Waals surface area contributed by atoms with Crippen molar-refractivity contribution in [2.45, 2.75) is 26.3 Å². The van der Waals surface area contributed by atoms with Gasteiger partial charge in [0.15, 0.2) is 11.6 Å². The van der Waals surface area contributed by atoms with Crippen LogP contribution in [-0.4, -0.2) is 13.1 Å². The average molecular weight is 224 g/mol. The molecule has 1 unspecified atom stereocenters. The monoisotopic (exact) mass is 224 g/mol. The maximum atomic E-state index is 13.6. The van der Waals surface area contributed by atoms with Crippen LogP contribution >= 0.6 is 0 Å². The van der Waals surface area contributed by atoms with Crippen molar-refractivity contribution in [2.75, 3.05) is 11.9 Å². The number of hydrogen-bond donors (Lipinski definition) is 0. The largest absolute Gasteiger partial charge is 0.367 e. The fourth-order valence-corrected chi connectivity index (χ4v) is 1.46. The van der Waals surface area contributed by atoms with E-state index in [0.717, 1.165) is 18.6 Å². The molecule has 0 aliphatic carbocycles. The van der Waals surface area contributed by atoms with Gasteiger partial charge in [-0.25, -0.2) is 8.78 Å². The van der Waals surface area contributed by atoms with E-state index >= 15 is 0 Å². The predicted molar refractivity (Wildman–Crippen MR) is 59.2 cm³/mol. The van der Waals surface area contributed by atoms with E-state index in [1.165, 1.54) is 0 Å². The molecule has 0 N–H and O–H groups in total. The van der Waals surface area contributed by atoms with Gasteiger partial charge in [-0.2, -0.15) is 5.26 Å². The normalized spacial score (nSPS) is 12.0. The molecular weight excluding hydrogens is 210 g/mol. The lowest BCUT2D eigenvalue weighted by Crippen LogP contribution is -2.29. The molecule has 86 valence electrons. The molecule has 0 heterocycles. The van der Waals surface area contributed by atoms with Crippen molar-refractivity contribution in [3.8, 4) is 6.07 Å². The second-order valence-electron chi connectivity index (χ2n) is 3.77. The van der Waals surface area contributed by atoms with Gasteiger partial charge >= 0.3 is 0 Å². The number of hydrogen-bond acceptors (Lipinski definition) is 2. The Morgan fingerprint density at radius 1 is 1.38 bits per heavy atom. The summed E-state index contributed by atoms with van der Waals surface area (Å²) in [5.74, 6) is -1.39. The van der Waals surface area contributed by atoms with Crippen molar-refractivity contribution in [1.29, 1.82) is 5.26 Å². The summed E-state index contributed by atoms with van der Waals surface area (Å²) in [6, 6.07) is 3.86. The summed E-state index contributed by atoms with van der Waals surface area (Å²) in [4.78, 5) is 1.55. The molecule has 16 heavy (non-hydrogen) atoms. The molecule has 0 amide bonds. The molecule has 1 aromatic carbocycles. The molecule has 1 rings (SSSR count). The van der Waals surface area contributed by atoms with E-state index in [0.29, 0.717) is 0 Å². The predicted octanol–water partition coefficient (Wildman–Crippen LogP) is 3.07. The van der Waals surface area contributed by atoms with E-state index < -0.39 is 11.6 Å². The quantitative estimate of drug-likeness (QED) is 0.789. The number of benzene rings is 1. The minimum Gasteiger partial charge on any atom is -0.367 e. The smallest absolute Gasteiger partial charge is 0.150 e. The van der Waals surface area contributed by atoms with E-state index in [4.69, 9.17) is 5.26 Å². The van der Waals surface area contributed by atoms with Crippen LogP contribution < -0.4 is 4.90 Å². The van der Waals surface area contributed by atoms with Crippen LogP contribution in [0.25, 0.3) is 0 Å². The zero-order chi connectivity index (χ0) is 12.3. The van der Waals surface area contributed by atoms with Crippen molar-refractivity contribution < 1.29 is 8.78 Å². The SMILES string of the molecule is CCC(C)N(C)c1c(F)cc(C#N)cc1F. The topological polar surface area (TPSA) is 27.0 Å². The van der Waals surface area contributed by atoms with Gasteiger partial charge in [-0.15, -0.1) is 0 Å². The highest BCUT2D eigenvalue weighted by Gasteiger charge is 2.18. The minimum atomic E-state index is -0.695. The molecule has 0 saturated heterocycles. The fourth-order valence-electron chi connectivity index (χ4n) is 1.46. The molecule has 0 bridgehead atoms. The maximum absolute atomic E-state index is 13.6. The highest BCUT2D eigenvalue weighted by Crippen LogP contribution is 2.25. The van der Waals surface area contributed by atoms with Crippen molar-refractivity contribution in [1.82, 2.24) is 0 Å². The Kier molecular flexibility index (Phi) is 3.83. The molecule has 1 aromatic rings. The zero-order valence-corrected chi connectivity index (χ0v) is 9.59. The van der Waals surface area contributed by atoms with Gasteiger partial charge in [-0.05, 0) is 25.5 Å². The Bertz CT molecular complexity index is 401. The van der Waals surface area contributed by atoms with Gasteiger partial charge in [0.05, 0.1) is 11.6 Å². The Balaban J connectivity index is 3.20. The van der Waals surface area contributed by atoms with Crippen LogP contribution in [0, 0.1) is 23.0 Å². The zero-order valence-electron chi connectivity index (χ0n) is 9.59. The highest BCUT2D eigenvalue weighted by atomic mass is 19.1. The molecule has 2 nitrogen and oxygen atoms in total. The number of halogens is 2. The molecule has 0 aliphatic heterocycles. The summed E-state index contributed by atoms with van der Waals surface area (Å²) in [6.45, 7) is 3.83. The summed E-state index contributed by atoms with van der Waals surface area (Å²) < 4.78 is 27.2.